The molecule has 2 fully saturated rings. The fourth-order valence-electron chi connectivity index (χ4n) is 3.11. The molecule has 1 N–H and O–H groups in total. The fraction of sp³-hybridized carbons (Fsp3) is 0.812. The lowest BCUT2D eigenvalue weighted by Gasteiger charge is -2.31. The highest BCUT2D eigenvalue weighted by Gasteiger charge is 2.28. The Morgan fingerprint density at radius 2 is 1.91 bits per heavy atom. The molecule has 1 atom stereocenters. The van der Waals surface area contributed by atoms with E-state index in [-0.39, 0.29) is 30.4 Å². The molecule has 130 valence electrons. The Hall–Kier alpha value is -1.63. The lowest BCUT2D eigenvalue weighted by Crippen LogP contribution is -2.45. The molecular weight excluding hydrogens is 300 g/mol. The minimum Gasteiger partial charge on any atom is -0.481 e. The van der Waals surface area contributed by atoms with E-state index in [9.17, 15) is 14.4 Å². The summed E-state index contributed by atoms with van der Waals surface area (Å²) in [7, 11) is 1.64. The molecule has 2 rings (SSSR count). The van der Waals surface area contributed by atoms with Crippen molar-refractivity contribution in [2.24, 2.45) is 5.92 Å². The van der Waals surface area contributed by atoms with Crippen molar-refractivity contribution in [1.82, 2.24) is 9.80 Å². The Labute approximate surface area is 136 Å². The van der Waals surface area contributed by atoms with Gasteiger partial charge in [-0.15, -0.1) is 0 Å². The van der Waals surface area contributed by atoms with E-state index in [1.165, 1.54) is 4.90 Å². The van der Waals surface area contributed by atoms with E-state index in [0.717, 1.165) is 19.4 Å². The quantitative estimate of drug-likeness (QED) is 0.777. The van der Waals surface area contributed by atoms with Crippen molar-refractivity contribution >= 4 is 17.8 Å². The van der Waals surface area contributed by atoms with Gasteiger partial charge in [0.1, 0.15) is 0 Å². The van der Waals surface area contributed by atoms with Crippen LogP contribution in [-0.2, 0) is 19.1 Å². The molecular formula is C16H26N2O5. The largest absolute Gasteiger partial charge is 0.481 e. The van der Waals surface area contributed by atoms with Crippen LogP contribution in [0.25, 0.3) is 0 Å². The summed E-state index contributed by atoms with van der Waals surface area (Å²) in [6.07, 6.45) is 4.32. The van der Waals surface area contributed by atoms with E-state index in [2.05, 4.69) is 0 Å². The van der Waals surface area contributed by atoms with Crippen molar-refractivity contribution in [1.29, 1.82) is 0 Å². The Morgan fingerprint density at radius 3 is 2.48 bits per heavy atom. The van der Waals surface area contributed by atoms with Crippen LogP contribution in [0.15, 0.2) is 0 Å². The van der Waals surface area contributed by atoms with Gasteiger partial charge in [0, 0.05) is 33.2 Å². The number of hydrogen-bond donors (Lipinski definition) is 1. The second kappa shape index (κ2) is 8.29. The molecule has 7 heteroatoms. The van der Waals surface area contributed by atoms with E-state index >= 15 is 0 Å². The number of aliphatic carboxylic acids is 1. The summed E-state index contributed by atoms with van der Waals surface area (Å²) in [5.41, 5.74) is 0. The molecule has 0 aromatic heterocycles. The molecule has 0 spiro atoms. The predicted octanol–water partition coefficient (Wildman–Crippen LogP) is 0.727. The second-order valence-corrected chi connectivity index (χ2v) is 6.42. The number of hydrogen-bond acceptors (Lipinski definition) is 4. The Balaban J connectivity index is 1.69. The van der Waals surface area contributed by atoms with E-state index < -0.39 is 5.97 Å². The highest BCUT2D eigenvalue weighted by molar-refractivity contribution is 5.84. The van der Waals surface area contributed by atoms with Gasteiger partial charge in [0.2, 0.25) is 11.8 Å². The van der Waals surface area contributed by atoms with Crippen molar-refractivity contribution < 1.29 is 24.2 Å². The number of carbonyl (C=O) groups excluding carboxylic acids is 2. The van der Waals surface area contributed by atoms with Gasteiger partial charge in [-0.3, -0.25) is 14.4 Å². The number of likely N-dealkylation sites (N-methyl/N-ethyl adjacent to an activating group) is 1. The maximum absolute atomic E-state index is 12.2. The molecule has 2 saturated heterocycles. The number of nitrogens with zero attached hydrogens (tertiary/aromatic N) is 2. The highest BCUT2D eigenvalue weighted by Crippen LogP contribution is 2.18. The summed E-state index contributed by atoms with van der Waals surface area (Å²) in [6.45, 7) is 1.74. The zero-order valence-electron chi connectivity index (χ0n) is 13.7. The number of carbonyl (C=O) groups is 3. The molecule has 2 aliphatic rings. The van der Waals surface area contributed by atoms with Gasteiger partial charge in [0.25, 0.3) is 0 Å². The number of amides is 2. The van der Waals surface area contributed by atoms with Crippen molar-refractivity contribution in [2.45, 2.75) is 44.6 Å². The molecule has 2 amide bonds. The highest BCUT2D eigenvalue weighted by atomic mass is 16.5. The third-order valence-electron chi connectivity index (χ3n) is 4.70. The van der Waals surface area contributed by atoms with E-state index in [1.807, 2.05) is 0 Å². The van der Waals surface area contributed by atoms with Gasteiger partial charge in [-0.2, -0.15) is 0 Å². The number of ether oxygens (including phenoxy) is 1. The average molecular weight is 326 g/mol. The lowest BCUT2D eigenvalue weighted by atomic mass is 9.97. The van der Waals surface area contributed by atoms with Crippen LogP contribution < -0.4 is 0 Å². The standard InChI is InChI=1S/C16H26N2O5/c1-17(14(19)5-4-13-3-2-10-23-13)11-15(20)18-8-6-12(7-9-18)16(21)22/h12-13H,2-11H2,1H3,(H,21,22). The van der Waals surface area contributed by atoms with E-state index in [1.54, 1.807) is 11.9 Å². The SMILES string of the molecule is CN(CC(=O)N1CCC(C(=O)O)CC1)C(=O)CCC1CCCO1. The molecule has 0 radical (unpaired) electrons. The van der Waals surface area contributed by atoms with Crippen LogP contribution in [0, 0.1) is 5.92 Å². The number of likely N-dealkylation sites (tertiary alicyclic amines) is 1. The molecule has 0 aromatic rings. The molecule has 23 heavy (non-hydrogen) atoms. The summed E-state index contributed by atoms with van der Waals surface area (Å²) in [6, 6.07) is 0. The smallest absolute Gasteiger partial charge is 0.306 e. The number of carboxylic acid groups (broad SMARTS) is 1. The van der Waals surface area contributed by atoms with Crippen molar-refractivity contribution in [3.63, 3.8) is 0 Å². The molecule has 0 bridgehead atoms. The van der Waals surface area contributed by atoms with Crippen LogP contribution in [0.2, 0.25) is 0 Å². The summed E-state index contributed by atoms with van der Waals surface area (Å²) in [4.78, 5) is 38.3. The summed E-state index contributed by atoms with van der Waals surface area (Å²) in [5, 5.41) is 8.96. The first kappa shape index (κ1) is 17.7. The lowest BCUT2D eigenvalue weighted by molar-refractivity contribution is -0.146. The Morgan fingerprint density at radius 1 is 1.22 bits per heavy atom. The predicted molar refractivity (Wildman–Crippen MR) is 82.8 cm³/mol. The first-order valence-corrected chi connectivity index (χ1v) is 8.33. The Bertz CT molecular complexity index is 440. The average Bonchev–Trinajstić information content (AvgIpc) is 3.05. The third kappa shape index (κ3) is 5.20. The van der Waals surface area contributed by atoms with Gasteiger partial charge in [-0.1, -0.05) is 0 Å². The summed E-state index contributed by atoms with van der Waals surface area (Å²) >= 11 is 0. The molecule has 2 heterocycles. The molecule has 2 aliphatic heterocycles. The van der Waals surface area contributed by atoms with Crippen molar-refractivity contribution in [3.05, 3.63) is 0 Å². The van der Waals surface area contributed by atoms with Crippen LogP contribution in [-0.4, -0.2) is 72.1 Å². The normalized spacial score (nSPS) is 22.1. The maximum Gasteiger partial charge on any atom is 0.306 e. The van der Waals surface area contributed by atoms with Gasteiger partial charge < -0.3 is 19.6 Å². The molecule has 0 aliphatic carbocycles. The minimum absolute atomic E-state index is 0.0470. The second-order valence-electron chi connectivity index (χ2n) is 6.42. The maximum atomic E-state index is 12.2. The summed E-state index contributed by atoms with van der Waals surface area (Å²) < 4.78 is 5.49. The number of rotatable bonds is 6. The zero-order valence-corrected chi connectivity index (χ0v) is 13.7. The monoisotopic (exact) mass is 326 g/mol. The fourth-order valence-corrected chi connectivity index (χ4v) is 3.11. The van der Waals surface area contributed by atoms with Gasteiger partial charge in [-0.25, -0.2) is 0 Å². The van der Waals surface area contributed by atoms with Crippen LogP contribution in [0.5, 0.6) is 0 Å². The number of piperidine rings is 1. The van der Waals surface area contributed by atoms with Gasteiger partial charge in [0.15, 0.2) is 0 Å². The zero-order chi connectivity index (χ0) is 16.8. The van der Waals surface area contributed by atoms with Gasteiger partial charge in [-0.05, 0) is 32.1 Å². The molecule has 1 unspecified atom stereocenters. The first-order chi connectivity index (χ1) is 11.0. The van der Waals surface area contributed by atoms with Gasteiger partial charge >= 0.3 is 5.97 Å². The first-order valence-electron chi connectivity index (χ1n) is 8.33. The van der Waals surface area contributed by atoms with Crippen LogP contribution >= 0.6 is 0 Å². The van der Waals surface area contributed by atoms with Crippen molar-refractivity contribution in [2.75, 3.05) is 33.3 Å². The number of carboxylic acids is 1. The van der Waals surface area contributed by atoms with Crippen molar-refractivity contribution in [3.8, 4) is 0 Å². The van der Waals surface area contributed by atoms with E-state index in [0.29, 0.717) is 38.8 Å². The van der Waals surface area contributed by atoms with Gasteiger partial charge in [0.05, 0.1) is 18.6 Å². The molecule has 0 saturated carbocycles. The topological polar surface area (TPSA) is 87.2 Å². The van der Waals surface area contributed by atoms with Crippen LogP contribution in [0.4, 0.5) is 0 Å². The Kier molecular flexibility index (Phi) is 6.38. The molecule has 0 aromatic carbocycles. The molecule has 7 nitrogen and oxygen atoms in total. The van der Waals surface area contributed by atoms with E-state index in [4.69, 9.17) is 9.84 Å². The third-order valence-corrected chi connectivity index (χ3v) is 4.70. The minimum atomic E-state index is -0.793. The summed E-state index contributed by atoms with van der Waals surface area (Å²) in [5.74, 6) is -1.31. The van der Waals surface area contributed by atoms with Crippen LogP contribution in [0.3, 0.4) is 0 Å². The van der Waals surface area contributed by atoms with Crippen LogP contribution in [0.1, 0.15) is 38.5 Å².